The first kappa shape index (κ1) is 25.4. The Morgan fingerprint density at radius 1 is 0.784 bits per heavy atom. The fourth-order valence-electron chi connectivity index (χ4n) is 5.41. The minimum atomic E-state index is -0.0379. The van der Waals surface area contributed by atoms with Crippen molar-refractivity contribution in [2.75, 3.05) is 56.5 Å². The molecule has 0 spiro atoms. The molecule has 0 aliphatic carbocycles. The van der Waals surface area contributed by atoms with Crippen molar-refractivity contribution < 1.29 is 14.3 Å². The summed E-state index contributed by atoms with van der Waals surface area (Å²) in [5.74, 6) is 0.685. The van der Waals surface area contributed by atoms with Gasteiger partial charge >= 0.3 is 0 Å². The van der Waals surface area contributed by atoms with Crippen LogP contribution in [0.3, 0.4) is 0 Å². The van der Waals surface area contributed by atoms with Gasteiger partial charge < -0.3 is 15.4 Å². The monoisotopic (exact) mass is 503 g/mol. The van der Waals surface area contributed by atoms with E-state index in [1.54, 1.807) is 0 Å². The lowest BCUT2D eigenvalue weighted by molar-refractivity contribution is -0.118. The van der Waals surface area contributed by atoms with Crippen molar-refractivity contribution in [3.8, 4) is 5.75 Å². The fourth-order valence-corrected chi connectivity index (χ4v) is 5.41. The van der Waals surface area contributed by atoms with Crippen molar-refractivity contribution in [1.29, 1.82) is 0 Å². The van der Waals surface area contributed by atoms with Gasteiger partial charge in [0.2, 0.25) is 11.8 Å². The molecule has 3 aromatic rings. The molecule has 0 radical (unpaired) electrons. The summed E-state index contributed by atoms with van der Waals surface area (Å²) in [4.78, 5) is 35.2. The zero-order valence-electron chi connectivity index (χ0n) is 21.7. The van der Waals surface area contributed by atoms with Crippen LogP contribution in [-0.4, -0.2) is 72.5 Å². The summed E-state index contributed by atoms with van der Waals surface area (Å²) in [5, 5.41) is 7.89. The van der Waals surface area contributed by atoms with E-state index in [1.807, 2.05) is 43.3 Å². The van der Waals surface area contributed by atoms with Crippen LogP contribution >= 0.6 is 0 Å². The number of likely N-dealkylation sites (tertiary alicyclic amines) is 2. The number of ether oxygens (including phenoxy) is 1. The van der Waals surface area contributed by atoms with Gasteiger partial charge in [-0.3, -0.25) is 19.4 Å². The zero-order valence-corrected chi connectivity index (χ0v) is 21.7. The Morgan fingerprint density at radius 3 is 2.08 bits per heavy atom. The number of piperidine rings is 2. The number of fused-ring (bicyclic) bond motifs is 2. The van der Waals surface area contributed by atoms with Crippen LogP contribution in [-0.2, 0) is 9.59 Å². The third-order valence-corrected chi connectivity index (χ3v) is 7.24. The Morgan fingerprint density at radius 2 is 1.43 bits per heavy atom. The predicted octanol–water partition coefficient (Wildman–Crippen LogP) is 4.64. The third kappa shape index (κ3) is 6.37. The van der Waals surface area contributed by atoms with Gasteiger partial charge in [0, 0.05) is 22.5 Å². The Balaban J connectivity index is 1.44. The van der Waals surface area contributed by atoms with Crippen LogP contribution in [0.5, 0.6) is 5.75 Å². The Kier molecular flexibility index (Phi) is 8.16. The predicted molar refractivity (Wildman–Crippen MR) is 148 cm³/mol. The number of carbonyl (C=O) groups is 2. The standard InChI is InChI=1S/C29H37N5O3/c1-2-37-22-10-11-23-26(18-22)31-25-12-9-21(30-27(35)19-33-13-5-3-6-14-33)17-24(25)29(23)32-28(36)20-34-15-7-4-8-16-34/h9-12,17-18H,2-8,13-16,19-20H2,1H3,(H,30,35)(H,31,32,36). The molecule has 37 heavy (non-hydrogen) atoms. The smallest absolute Gasteiger partial charge is 0.238 e. The van der Waals surface area contributed by atoms with Crippen molar-refractivity contribution >= 4 is 45.0 Å². The number of benzene rings is 2. The van der Waals surface area contributed by atoms with Crippen LogP contribution in [0.2, 0.25) is 0 Å². The molecule has 0 unspecified atom stereocenters. The summed E-state index contributed by atoms with van der Waals surface area (Å²) >= 11 is 0. The normalized spacial score (nSPS) is 17.1. The topological polar surface area (TPSA) is 86.8 Å². The molecule has 2 amide bonds. The number of nitrogens with zero attached hydrogens (tertiary/aromatic N) is 3. The molecule has 2 N–H and O–H groups in total. The molecular formula is C29H37N5O3. The van der Waals surface area contributed by atoms with Gasteiger partial charge in [-0.2, -0.15) is 0 Å². The van der Waals surface area contributed by atoms with Gasteiger partial charge in [-0.15, -0.1) is 0 Å². The van der Waals surface area contributed by atoms with Crippen molar-refractivity contribution in [3.05, 3.63) is 36.4 Å². The zero-order chi connectivity index (χ0) is 25.6. The van der Waals surface area contributed by atoms with Crippen LogP contribution in [0, 0.1) is 0 Å². The number of anilines is 2. The Hall–Kier alpha value is -3.23. The highest BCUT2D eigenvalue weighted by Gasteiger charge is 2.18. The van der Waals surface area contributed by atoms with E-state index in [0.717, 1.165) is 85.1 Å². The fraction of sp³-hybridized carbons (Fsp3) is 0.483. The minimum Gasteiger partial charge on any atom is -0.494 e. The molecular weight excluding hydrogens is 466 g/mol. The Bertz CT molecular complexity index is 1270. The van der Waals surface area contributed by atoms with Crippen molar-refractivity contribution in [1.82, 2.24) is 14.8 Å². The summed E-state index contributed by atoms with van der Waals surface area (Å²) in [6.07, 6.45) is 7.03. The molecule has 2 aliphatic heterocycles. The summed E-state index contributed by atoms with van der Waals surface area (Å²) < 4.78 is 5.69. The number of hydrogen-bond donors (Lipinski definition) is 2. The van der Waals surface area contributed by atoms with Crippen LogP contribution in [0.1, 0.15) is 45.4 Å². The van der Waals surface area contributed by atoms with Crippen LogP contribution < -0.4 is 15.4 Å². The molecule has 5 rings (SSSR count). The van der Waals surface area contributed by atoms with E-state index in [9.17, 15) is 9.59 Å². The Labute approximate surface area is 218 Å². The average Bonchev–Trinajstić information content (AvgIpc) is 2.90. The lowest BCUT2D eigenvalue weighted by Crippen LogP contribution is -2.37. The maximum absolute atomic E-state index is 13.1. The molecule has 1 aromatic heterocycles. The van der Waals surface area contributed by atoms with Gasteiger partial charge in [0.15, 0.2) is 0 Å². The van der Waals surface area contributed by atoms with E-state index in [0.29, 0.717) is 25.4 Å². The second-order valence-corrected chi connectivity index (χ2v) is 10.1. The second kappa shape index (κ2) is 11.9. The van der Waals surface area contributed by atoms with Crippen LogP contribution in [0.25, 0.3) is 21.8 Å². The van der Waals surface area contributed by atoms with E-state index in [2.05, 4.69) is 20.4 Å². The molecule has 8 nitrogen and oxygen atoms in total. The van der Waals surface area contributed by atoms with Crippen molar-refractivity contribution in [2.45, 2.75) is 45.4 Å². The van der Waals surface area contributed by atoms with E-state index >= 15 is 0 Å². The SMILES string of the molecule is CCOc1ccc2c(NC(=O)CN3CCCCC3)c3cc(NC(=O)CN4CCCCC4)ccc3nc2c1. The quantitative estimate of drug-likeness (QED) is 0.436. The number of aromatic nitrogens is 1. The van der Waals surface area contributed by atoms with Gasteiger partial charge in [-0.1, -0.05) is 12.8 Å². The molecule has 2 aliphatic rings. The number of carbonyl (C=O) groups excluding carboxylic acids is 2. The van der Waals surface area contributed by atoms with E-state index in [-0.39, 0.29) is 11.8 Å². The molecule has 8 heteroatoms. The van der Waals surface area contributed by atoms with Gasteiger partial charge in [0.1, 0.15) is 5.75 Å². The summed E-state index contributed by atoms with van der Waals surface area (Å²) in [5.41, 5.74) is 2.93. The first-order valence-corrected chi connectivity index (χ1v) is 13.6. The lowest BCUT2D eigenvalue weighted by atomic mass is 10.1. The first-order valence-electron chi connectivity index (χ1n) is 13.6. The molecule has 3 heterocycles. The molecule has 2 saturated heterocycles. The first-order chi connectivity index (χ1) is 18.1. The third-order valence-electron chi connectivity index (χ3n) is 7.24. The molecule has 2 aromatic carbocycles. The van der Waals surface area contributed by atoms with Crippen LogP contribution in [0.15, 0.2) is 36.4 Å². The highest BCUT2D eigenvalue weighted by Crippen LogP contribution is 2.34. The van der Waals surface area contributed by atoms with Crippen molar-refractivity contribution in [2.24, 2.45) is 0 Å². The maximum Gasteiger partial charge on any atom is 0.238 e. The van der Waals surface area contributed by atoms with Crippen molar-refractivity contribution in [3.63, 3.8) is 0 Å². The number of amides is 2. The highest BCUT2D eigenvalue weighted by molar-refractivity contribution is 6.14. The lowest BCUT2D eigenvalue weighted by Gasteiger charge is -2.26. The number of rotatable bonds is 8. The van der Waals surface area contributed by atoms with Gasteiger partial charge in [-0.05, 0) is 89.1 Å². The minimum absolute atomic E-state index is 0.0213. The molecule has 196 valence electrons. The van der Waals surface area contributed by atoms with E-state index in [4.69, 9.17) is 9.72 Å². The second-order valence-electron chi connectivity index (χ2n) is 10.1. The molecule has 0 atom stereocenters. The summed E-state index contributed by atoms with van der Waals surface area (Å²) in [6, 6.07) is 11.5. The van der Waals surface area contributed by atoms with Gasteiger partial charge in [0.25, 0.3) is 0 Å². The average molecular weight is 504 g/mol. The number of hydrogen-bond acceptors (Lipinski definition) is 6. The summed E-state index contributed by atoms with van der Waals surface area (Å²) in [7, 11) is 0. The maximum atomic E-state index is 13.1. The largest absolute Gasteiger partial charge is 0.494 e. The van der Waals surface area contributed by atoms with E-state index < -0.39 is 0 Å². The summed E-state index contributed by atoms with van der Waals surface area (Å²) in [6.45, 7) is 7.13. The molecule has 0 saturated carbocycles. The van der Waals surface area contributed by atoms with Crippen LogP contribution in [0.4, 0.5) is 11.4 Å². The highest BCUT2D eigenvalue weighted by atomic mass is 16.5. The molecule has 0 bridgehead atoms. The van der Waals surface area contributed by atoms with Gasteiger partial charge in [0.05, 0.1) is 36.4 Å². The van der Waals surface area contributed by atoms with E-state index in [1.165, 1.54) is 12.8 Å². The molecule has 2 fully saturated rings. The number of nitrogens with one attached hydrogen (secondary N) is 2. The van der Waals surface area contributed by atoms with Gasteiger partial charge in [-0.25, -0.2) is 4.98 Å². The number of pyridine rings is 1.